The van der Waals surface area contributed by atoms with Crippen molar-refractivity contribution < 1.29 is 12.8 Å². The van der Waals surface area contributed by atoms with E-state index in [4.69, 9.17) is 5.73 Å². The summed E-state index contributed by atoms with van der Waals surface area (Å²) in [6, 6.07) is 5.22. The van der Waals surface area contributed by atoms with Crippen molar-refractivity contribution in [3.8, 4) is 0 Å². The largest absolute Gasteiger partial charge is 0.396 e. The highest BCUT2D eigenvalue weighted by Gasteiger charge is 2.15. The fraction of sp³-hybridized carbons (Fsp3) is 0.0909. The van der Waals surface area contributed by atoms with Gasteiger partial charge >= 0.3 is 0 Å². The van der Waals surface area contributed by atoms with Crippen LogP contribution in [0.15, 0.2) is 39.0 Å². The van der Waals surface area contributed by atoms with E-state index in [-0.39, 0.29) is 17.1 Å². The highest BCUT2D eigenvalue weighted by atomic mass is 79.9. The molecule has 0 fully saturated rings. The Morgan fingerprint density at radius 2 is 2.11 bits per heavy atom. The van der Waals surface area contributed by atoms with Crippen LogP contribution in [0.1, 0.15) is 4.88 Å². The van der Waals surface area contributed by atoms with Gasteiger partial charge in [-0.2, -0.15) is 0 Å². The minimum absolute atomic E-state index is 0.0823. The first kappa shape index (κ1) is 14.4. The normalized spacial score (nSPS) is 11.7. The van der Waals surface area contributed by atoms with Gasteiger partial charge in [0.15, 0.2) is 0 Å². The van der Waals surface area contributed by atoms with Gasteiger partial charge in [-0.15, -0.1) is 11.3 Å². The lowest BCUT2D eigenvalue weighted by molar-refractivity contribution is 0.578. The maximum absolute atomic E-state index is 13.3. The summed E-state index contributed by atoms with van der Waals surface area (Å²) in [6.07, 6.45) is 0. The first-order valence-corrected chi connectivity index (χ1v) is 8.32. The van der Waals surface area contributed by atoms with Crippen molar-refractivity contribution in [2.24, 2.45) is 0 Å². The summed E-state index contributed by atoms with van der Waals surface area (Å²) < 4.78 is 40.5. The lowest BCUT2D eigenvalue weighted by Crippen LogP contribution is -2.23. The van der Waals surface area contributed by atoms with Crippen LogP contribution in [0.5, 0.6) is 0 Å². The Balaban J connectivity index is 2.16. The molecule has 1 aromatic heterocycles. The zero-order chi connectivity index (χ0) is 14.0. The van der Waals surface area contributed by atoms with Gasteiger partial charge in [0.1, 0.15) is 5.82 Å². The molecule has 0 saturated heterocycles. The average Bonchev–Trinajstić information content (AvgIpc) is 2.76. The number of anilines is 1. The van der Waals surface area contributed by atoms with E-state index in [0.717, 1.165) is 15.4 Å². The summed E-state index contributed by atoms with van der Waals surface area (Å²) >= 11 is 4.71. The molecule has 2 rings (SSSR count). The summed E-state index contributed by atoms with van der Waals surface area (Å²) in [5.74, 6) is -0.748. The number of nitrogens with one attached hydrogen (secondary N) is 1. The van der Waals surface area contributed by atoms with Gasteiger partial charge in [0.2, 0.25) is 10.0 Å². The molecule has 8 heteroatoms. The molecule has 0 aliphatic carbocycles. The summed E-state index contributed by atoms with van der Waals surface area (Å²) in [5.41, 5.74) is 5.22. The molecule has 0 unspecified atom stereocenters. The monoisotopic (exact) mass is 364 g/mol. The second-order valence-corrected chi connectivity index (χ2v) is 7.42. The summed E-state index contributed by atoms with van der Waals surface area (Å²) in [6.45, 7) is 0.157. The Bertz CT molecular complexity index is 700. The molecule has 0 spiro atoms. The smallest absolute Gasteiger partial charge is 0.241 e. The highest BCUT2D eigenvalue weighted by Crippen LogP contribution is 2.21. The number of benzene rings is 1. The van der Waals surface area contributed by atoms with Crippen LogP contribution in [0.2, 0.25) is 0 Å². The highest BCUT2D eigenvalue weighted by molar-refractivity contribution is 9.10. The van der Waals surface area contributed by atoms with Crippen molar-refractivity contribution in [1.29, 1.82) is 0 Å². The van der Waals surface area contributed by atoms with Crippen LogP contribution < -0.4 is 10.5 Å². The molecule has 0 radical (unpaired) electrons. The first-order chi connectivity index (χ1) is 8.88. The number of nitrogen functional groups attached to an aromatic ring is 1. The molecule has 102 valence electrons. The number of thiophene rings is 1. The van der Waals surface area contributed by atoms with Gasteiger partial charge in [0.25, 0.3) is 0 Å². The van der Waals surface area contributed by atoms with E-state index in [1.54, 1.807) is 0 Å². The predicted molar refractivity (Wildman–Crippen MR) is 76.9 cm³/mol. The third-order valence-corrected chi connectivity index (χ3v) is 5.44. The third-order valence-electron chi connectivity index (χ3n) is 2.34. The van der Waals surface area contributed by atoms with Crippen molar-refractivity contribution in [3.05, 3.63) is 44.8 Å². The van der Waals surface area contributed by atoms with Gasteiger partial charge in [-0.1, -0.05) is 0 Å². The van der Waals surface area contributed by atoms with E-state index in [1.807, 2.05) is 11.4 Å². The van der Waals surface area contributed by atoms with Crippen molar-refractivity contribution in [2.75, 3.05) is 5.73 Å². The maximum Gasteiger partial charge on any atom is 0.241 e. The Morgan fingerprint density at radius 1 is 1.37 bits per heavy atom. The van der Waals surface area contributed by atoms with Gasteiger partial charge in [0, 0.05) is 21.3 Å². The van der Waals surface area contributed by atoms with Gasteiger partial charge in [0.05, 0.1) is 10.6 Å². The molecule has 0 atom stereocenters. The van der Waals surface area contributed by atoms with Crippen molar-refractivity contribution in [1.82, 2.24) is 4.72 Å². The van der Waals surface area contributed by atoms with Gasteiger partial charge in [-0.25, -0.2) is 17.5 Å². The Hall–Kier alpha value is -0.960. The number of hydrogen-bond donors (Lipinski definition) is 2. The molecule has 0 amide bonds. The molecule has 1 heterocycles. The predicted octanol–water partition coefficient (Wildman–Crippen LogP) is 2.71. The van der Waals surface area contributed by atoms with Crippen LogP contribution in [0.3, 0.4) is 0 Å². The second kappa shape index (κ2) is 5.58. The molecule has 19 heavy (non-hydrogen) atoms. The number of halogens is 2. The van der Waals surface area contributed by atoms with Gasteiger partial charge in [-0.3, -0.25) is 0 Å². The van der Waals surface area contributed by atoms with Crippen molar-refractivity contribution in [3.63, 3.8) is 0 Å². The Kier molecular flexibility index (Phi) is 4.24. The van der Waals surface area contributed by atoms with E-state index in [9.17, 15) is 12.8 Å². The summed E-state index contributed by atoms with van der Waals surface area (Å²) in [5, 5.41) is 1.85. The van der Waals surface area contributed by atoms with E-state index in [1.165, 1.54) is 23.5 Å². The van der Waals surface area contributed by atoms with Crippen LogP contribution >= 0.6 is 27.3 Å². The van der Waals surface area contributed by atoms with Gasteiger partial charge in [-0.05, 0) is 40.2 Å². The van der Waals surface area contributed by atoms with E-state index in [2.05, 4.69) is 20.7 Å². The first-order valence-electron chi connectivity index (χ1n) is 5.16. The quantitative estimate of drug-likeness (QED) is 0.819. The van der Waals surface area contributed by atoms with E-state index >= 15 is 0 Å². The zero-order valence-electron chi connectivity index (χ0n) is 9.56. The Labute approximate surface area is 122 Å². The fourth-order valence-electron chi connectivity index (χ4n) is 1.37. The third kappa shape index (κ3) is 3.53. The van der Waals surface area contributed by atoms with Crippen LogP contribution in [-0.4, -0.2) is 8.42 Å². The molecule has 0 saturated carbocycles. The molecule has 3 N–H and O–H groups in total. The van der Waals surface area contributed by atoms with Crippen LogP contribution in [0.4, 0.5) is 10.1 Å². The number of rotatable bonds is 4. The molecule has 0 aliphatic heterocycles. The van der Waals surface area contributed by atoms with E-state index in [0.29, 0.717) is 0 Å². The van der Waals surface area contributed by atoms with Crippen molar-refractivity contribution in [2.45, 2.75) is 11.4 Å². The molecule has 0 bridgehead atoms. The van der Waals surface area contributed by atoms with Crippen LogP contribution in [0.25, 0.3) is 0 Å². The van der Waals surface area contributed by atoms with Crippen molar-refractivity contribution >= 4 is 43.0 Å². The minimum atomic E-state index is -3.74. The molecule has 2 aromatic rings. The Morgan fingerprint density at radius 3 is 2.68 bits per heavy atom. The number of sulfonamides is 1. The average molecular weight is 365 g/mol. The van der Waals surface area contributed by atoms with Gasteiger partial charge < -0.3 is 5.73 Å². The molecule has 0 aliphatic rings. The number of hydrogen-bond acceptors (Lipinski definition) is 4. The molecule has 4 nitrogen and oxygen atoms in total. The summed E-state index contributed by atoms with van der Waals surface area (Å²) in [7, 11) is -3.74. The summed E-state index contributed by atoms with van der Waals surface area (Å²) in [4.78, 5) is 0.709. The minimum Gasteiger partial charge on any atom is -0.396 e. The topological polar surface area (TPSA) is 72.2 Å². The zero-order valence-corrected chi connectivity index (χ0v) is 12.8. The lowest BCUT2D eigenvalue weighted by atomic mass is 10.3. The number of nitrogens with two attached hydrogens (primary N) is 1. The lowest BCUT2D eigenvalue weighted by Gasteiger charge is -2.06. The fourth-order valence-corrected chi connectivity index (χ4v) is 3.87. The van der Waals surface area contributed by atoms with Crippen LogP contribution in [-0.2, 0) is 16.6 Å². The molecule has 1 aromatic carbocycles. The van der Waals surface area contributed by atoms with Crippen LogP contribution in [0, 0.1) is 5.82 Å². The molecular formula is C11H10BrFN2O2S2. The molecular weight excluding hydrogens is 355 g/mol. The van der Waals surface area contributed by atoms with E-state index < -0.39 is 15.8 Å². The SMILES string of the molecule is Nc1ccc(S(=O)(=O)NCc2cc(Br)cs2)cc1F. The second-order valence-electron chi connectivity index (χ2n) is 3.74. The standard InChI is InChI=1S/C11H10BrFN2O2S2/c12-7-3-8(18-6-7)5-15-19(16,17)9-1-2-11(14)10(13)4-9/h1-4,6,15H,5,14H2. The maximum atomic E-state index is 13.3.